The number of hydrogen-bond acceptors (Lipinski definition) is 0. The largest absolute Gasteiger partial charge is 0.207 e. The maximum Gasteiger partial charge on any atom is 0.123 e. The number of halogens is 1. The minimum absolute atomic E-state index is 0.162. The summed E-state index contributed by atoms with van der Waals surface area (Å²) in [5.41, 5.74) is 1.58. The van der Waals surface area contributed by atoms with Gasteiger partial charge in [0, 0.05) is 0 Å². The molecule has 0 N–H and O–H groups in total. The number of rotatable bonds is 1. The Morgan fingerprint density at radius 3 is 1.50 bits per heavy atom. The molecule has 0 aliphatic heterocycles. The van der Waals surface area contributed by atoms with E-state index in [9.17, 15) is 4.39 Å². The van der Waals surface area contributed by atoms with Gasteiger partial charge in [-0.25, -0.2) is 4.39 Å². The average molecular weight is 222 g/mol. The predicted molar refractivity (Wildman–Crippen MR) is 68.1 cm³/mol. The van der Waals surface area contributed by atoms with Crippen molar-refractivity contribution in [1.82, 2.24) is 0 Å². The Morgan fingerprint density at radius 2 is 1.19 bits per heavy atom. The van der Waals surface area contributed by atoms with Gasteiger partial charge < -0.3 is 0 Å². The highest BCUT2D eigenvalue weighted by Crippen LogP contribution is 2.47. The van der Waals surface area contributed by atoms with Gasteiger partial charge in [0.25, 0.3) is 0 Å². The zero-order chi connectivity index (χ0) is 12.6. The van der Waals surface area contributed by atoms with Gasteiger partial charge in [-0.3, -0.25) is 0 Å². The molecule has 1 heteroatoms. The third-order valence-electron chi connectivity index (χ3n) is 2.94. The van der Waals surface area contributed by atoms with Crippen LogP contribution in [0.1, 0.15) is 53.0 Å². The van der Waals surface area contributed by atoms with E-state index in [1.165, 1.54) is 5.56 Å². The molecule has 0 heterocycles. The maximum absolute atomic E-state index is 12.9. The van der Waals surface area contributed by atoms with Gasteiger partial charge in [0.1, 0.15) is 5.82 Å². The fourth-order valence-electron chi connectivity index (χ4n) is 2.95. The van der Waals surface area contributed by atoms with Crippen LogP contribution in [0.25, 0.3) is 0 Å². The van der Waals surface area contributed by atoms with Crippen LogP contribution in [0.3, 0.4) is 0 Å². The molecule has 1 rings (SSSR count). The van der Waals surface area contributed by atoms with E-state index in [0.717, 1.165) is 0 Å². The Hall–Kier alpha value is -0.850. The smallest absolute Gasteiger partial charge is 0.123 e. The normalized spacial score (nSPS) is 13.2. The van der Waals surface area contributed by atoms with Crippen LogP contribution in [-0.2, 0) is 0 Å². The van der Waals surface area contributed by atoms with Gasteiger partial charge in [0.2, 0.25) is 0 Å². The van der Waals surface area contributed by atoms with Gasteiger partial charge in [0.15, 0.2) is 0 Å². The second-order valence-electron chi connectivity index (χ2n) is 6.72. The van der Waals surface area contributed by atoms with E-state index < -0.39 is 0 Å². The quantitative estimate of drug-likeness (QED) is 0.627. The van der Waals surface area contributed by atoms with Crippen molar-refractivity contribution in [2.24, 2.45) is 10.8 Å². The lowest BCUT2D eigenvalue weighted by Gasteiger charge is -2.41. The van der Waals surface area contributed by atoms with Crippen LogP contribution in [0.15, 0.2) is 24.3 Å². The lowest BCUT2D eigenvalue weighted by molar-refractivity contribution is 0.176. The molecule has 0 nitrogen and oxygen atoms in total. The Bertz CT molecular complexity index is 321. The molecule has 0 bridgehead atoms. The maximum atomic E-state index is 12.9. The Balaban J connectivity index is 3.18. The van der Waals surface area contributed by atoms with Gasteiger partial charge in [-0.1, -0.05) is 53.7 Å². The summed E-state index contributed by atoms with van der Waals surface area (Å²) in [4.78, 5) is 0. The van der Waals surface area contributed by atoms with Crippen LogP contribution >= 0.6 is 0 Å². The summed E-state index contributed by atoms with van der Waals surface area (Å²) in [6, 6.07) is 6.94. The highest BCUT2D eigenvalue weighted by atomic mass is 19.1. The topological polar surface area (TPSA) is 0 Å². The van der Waals surface area contributed by atoms with Crippen molar-refractivity contribution in [2.45, 2.75) is 47.5 Å². The van der Waals surface area contributed by atoms with E-state index in [1.54, 1.807) is 12.1 Å². The Morgan fingerprint density at radius 1 is 0.812 bits per heavy atom. The molecule has 0 aromatic heterocycles. The van der Waals surface area contributed by atoms with Gasteiger partial charge in [-0.2, -0.15) is 0 Å². The zero-order valence-corrected chi connectivity index (χ0v) is 11.3. The van der Waals surface area contributed by atoms with E-state index in [1.807, 2.05) is 12.1 Å². The lowest BCUT2D eigenvalue weighted by Crippen LogP contribution is -2.30. The molecule has 1 aromatic rings. The molecule has 1 aromatic carbocycles. The third-order valence-corrected chi connectivity index (χ3v) is 2.94. The van der Waals surface area contributed by atoms with Gasteiger partial charge >= 0.3 is 0 Å². The lowest BCUT2D eigenvalue weighted by atomic mass is 9.64. The third kappa shape index (κ3) is 3.07. The minimum atomic E-state index is -0.162. The first-order valence-corrected chi connectivity index (χ1v) is 5.88. The molecule has 0 atom stereocenters. The first-order valence-electron chi connectivity index (χ1n) is 5.88. The van der Waals surface area contributed by atoms with Crippen molar-refractivity contribution in [3.63, 3.8) is 0 Å². The minimum Gasteiger partial charge on any atom is -0.207 e. The van der Waals surface area contributed by atoms with E-state index >= 15 is 0 Å². The highest BCUT2D eigenvalue weighted by molar-refractivity contribution is 5.24. The number of hydrogen-bond donors (Lipinski definition) is 0. The molecule has 0 aliphatic carbocycles. The van der Waals surface area contributed by atoms with Crippen LogP contribution in [0, 0.1) is 16.6 Å². The molecule has 16 heavy (non-hydrogen) atoms. The summed E-state index contributed by atoms with van der Waals surface area (Å²) in [6.45, 7) is 13.5. The van der Waals surface area contributed by atoms with E-state index in [0.29, 0.717) is 5.92 Å². The molecule has 0 amide bonds. The molecule has 90 valence electrons. The monoisotopic (exact) mass is 222 g/mol. The van der Waals surface area contributed by atoms with Crippen molar-refractivity contribution < 1.29 is 4.39 Å². The van der Waals surface area contributed by atoms with Crippen molar-refractivity contribution in [2.75, 3.05) is 0 Å². The summed E-state index contributed by atoms with van der Waals surface area (Å²) in [5, 5.41) is 0. The highest BCUT2D eigenvalue weighted by Gasteiger charge is 2.35. The van der Waals surface area contributed by atoms with Crippen molar-refractivity contribution in [3.05, 3.63) is 35.6 Å². The molecule has 0 spiro atoms. The van der Waals surface area contributed by atoms with Crippen molar-refractivity contribution >= 4 is 0 Å². The summed E-state index contributed by atoms with van der Waals surface area (Å²) in [5.74, 6) is 0.255. The molecule has 0 radical (unpaired) electrons. The molecular formula is C15H23F. The molecule has 0 saturated carbocycles. The predicted octanol–water partition coefficient (Wildman–Crippen LogP) is 5.00. The summed E-state index contributed by atoms with van der Waals surface area (Å²) >= 11 is 0. The summed E-state index contributed by atoms with van der Waals surface area (Å²) < 4.78 is 12.9. The van der Waals surface area contributed by atoms with E-state index in [2.05, 4.69) is 41.5 Å². The second-order valence-corrected chi connectivity index (χ2v) is 6.72. The van der Waals surface area contributed by atoms with Crippen molar-refractivity contribution in [3.8, 4) is 0 Å². The van der Waals surface area contributed by atoms with Gasteiger partial charge in [-0.15, -0.1) is 0 Å². The van der Waals surface area contributed by atoms with Gasteiger partial charge in [0.05, 0.1) is 0 Å². The van der Waals surface area contributed by atoms with E-state index in [4.69, 9.17) is 0 Å². The summed E-state index contributed by atoms with van der Waals surface area (Å²) in [6.07, 6.45) is 0. The first-order chi connectivity index (χ1) is 7.12. The number of benzene rings is 1. The standard InChI is InChI=1S/C15H23F/c1-14(2,3)13(15(4,5)6)11-7-9-12(16)10-8-11/h7-10,13H,1-6H3. The molecular weight excluding hydrogens is 199 g/mol. The van der Waals surface area contributed by atoms with E-state index in [-0.39, 0.29) is 16.6 Å². The molecule has 0 unspecified atom stereocenters. The molecule has 0 fully saturated rings. The first kappa shape index (κ1) is 13.2. The second kappa shape index (κ2) is 4.20. The van der Waals surface area contributed by atoms with Crippen LogP contribution in [0.2, 0.25) is 0 Å². The van der Waals surface area contributed by atoms with Crippen LogP contribution in [-0.4, -0.2) is 0 Å². The Kier molecular flexibility index (Phi) is 3.47. The van der Waals surface area contributed by atoms with Crippen LogP contribution < -0.4 is 0 Å². The summed E-state index contributed by atoms with van der Waals surface area (Å²) in [7, 11) is 0. The SMILES string of the molecule is CC(C)(C)C(c1ccc(F)cc1)C(C)(C)C. The molecule has 0 aliphatic rings. The fourth-order valence-corrected chi connectivity index (χ4v) is 2.95. The fraction of sp³-hybridized carbons (Fsp3) is 0.600. The Labute approximate surface area is 98.9 Å². The van der Waals surface area contributed by atoms with Crippen LogP contribution in [0.4, 0.5) is 4.39 Å². The molecule has 0 saturated heterocycles. The van der Waals surface area contributed by atoms with Crippen LogP contribution in [0.5, 0.6) is 0 Å². The van der Waals surface area contributed by atoms with Crippen molar-refractivity contribution in [1.29, 1.82) is 0 Å². The zero-order valence-electron chi connectivity index (χ0n) is 11.3. The van der Waals surface area contributed by atoms with Gasteiger partial charge in [-0.05, 0) is 34.4 Å². The average Bonchev–Trinajstić information content (AvgIpc) is 2.03.